The van der Waals surface area contributed by atoms with E-state index in [2.05, 4.69) is 10.6 Å². The van der Waals surface area contributed by atoms with Gasteiger partial charge < -0.3 is 10.6 Å². The van der Waals surface area contributed by atoms with Gasteiger partial charge in [0.1, 0.15) is 0 Å². The van der Waals surface area contributed by atoms with Crippen molar-refractivity contribution in [2.24, 2.45) is 0 Å². The summed E-state index contributed by atoms with van der Waals surface area (Å²) in [5.74, 6) is 0.0763. The minimum Gasteiger partial charge on any atom is -0.383 e. The highest BCUT2D eigenvalue weighted by Gasteiger charge is 2.11. The average molecular weight is 166 g/mol. The summed E-state index contributed by atoms with van der Waals surface area (Å²) < 4.78 is 0. The number of allylic oxidation sites excluding steroid dienone is 2. The monoisotopic (exact) mass is 166 g/mol. The molecule has 1 aliphatic rings. The number of nitrogens with one attached hydrogen (secondary N) is 2. The zero-order valence-corrected chi connectivity index (χ0v) is 7.48. The molecule has 1 fully saturated rings. The maximum Gasteiger partial charge on any atom is 0.226 e. The van der Waals surface area contributed by atoms with Crippen molar-refractivity contribution in [3.05, 3.63) is 23.5 Å². The third-order valence-corrected chi connectivity index (χ3v) is 1.81. The zero-order chi connectivity index (χ0) is 8.97. The average Bonchev–Trinajstić information content (AvgIpc) is 2.26. The number of carbonyl (C=O) groups excluding carboxylic acids is 1. The third kappa shape index (κ3) is 1.87. The van der Waals surface area contributed by atoms with Crippen LogP contribution < -0.4 is 10.6 Å². The topological polar surface area (TPSA) is 41.1 Å². The van der Waals surface area contributed by atoms with E-state index in [1.54, 1.807) is 0 Å². The van der Waals surface area contributed by atoms with E-state index >= 15 is 0 Å². The predicted octanol–water partition coefficient (Wildman–Crippen LogP) is 0.903. The standard InChI is InChI=1S/C9H14N2O/c1-3-7-8(4-2)11-9(12)5-6-10-7/h3-4,10H,5-6H2,1-2H3,(H,11,12)/b7-3+,8-4+. The van der Waals surface area contributed by atoms with Gasteiger partial charge in [-0.05, 0) is 13.8 Å². The number of hydrogen-bond acceptors (Lipinski definition) is 2. The Morgan fingerprint density at radius 1 is 1.25 bits per heavy atom. The maximum atomic E-state index is 11.1. The highest BCUT2D eigenvalue weighted by atomic mass is 16.1. The molecule has 0 saturated carbocycles. The molecule has 2 N–H and O–H groups in total. The molecule has 0 bridgehead atoms. The molecule has 12 heavy (non-hydrogen) atoms. The van der Waals surface area contributed by atoms with Crippen LogP contribution in [0.25, 0.3) is 0 Å². The smallest absolute Gasteiger partial charge is 0.226 e. The number of rotatable bonds is 0. The van der Waals surface area contributed by atoms with E-state index in [9.17, 15) is 4.79 Å². The van der Waals surface area contributed by atoms with Gasteiger partial charge in [0, 0.05) is 13.0 Å². The quantitative estimate of drug-likeness (QED) is 0.561. The Hall–Kier alpha value is -1.25. The van der Waals surface area contributed by atoms with E-state index < -0.39 is 0 Å². The molecular formula is C9H14N2O. The Labute approximate surface area is 72.5 Å². The van der Waals surface area contributed by atoms with Crippen molar-refractivity contribution in [1.29, 1.82) is 0 Å². The predicted molar refractivity (Wildman–Crippen MR) is 48.3 cm³/mol. The summed E-state index contributed by atoms with van der Waals surface area (Å²) in [6.45, 7) is 4.57. The minimum atomic E-state index is 0.0763. The largest absolute Gasteiger partial charge is 0.383 e. The second-order valence-corrected chi connectivity index (χ2v) is 2.63. The summed E-state index contributed by atoms with van der Waals surface area (Å²) >= 11 is 0. The van der Waals surface area contributed by atoms with Crippen LogP contribution in [-0.2, 0) is 4.79 Å². The van der Waals surface area contributed by atoms with Crippen LogP contribution in [0.15, 0.2) is 23.5 Å². The molecule has 1 amide bonds. The van der Waals surface area contributed by atoms with E-state index in [0.29, 0.717) is 13.0 Å². The van der Waals surface area contributed by atoms with Gasteiger partial charge in [-0.1, -0.05) is 12.2 Å². The molecule has 0 radical (unpaired) electrons. The maximum absolute atomic E-state index is 11.1. The molecule has 0 aliphatic carbocycles. The van der Waals surface area contributed by atoms with Gasteiger partial charge in [-0.3, -0.25) is 4.79 Å². The summed E-state index contributed by atoms with van der Waals surface area (Å²) in [6, 6.07) is 0. The molecule has 1 saturated heterocycles. The lowest BCUT2D eigenvalue weighted by Gasteiger charge is -2.08. The Morgan fingerprint density at radius 2 is 1.92 bits per heavy atom. The highest BCUT2D eigenvalue weighted by molar-refractivity contribution is 5.79. The molecular weight excluding hydrogens is 152 g/mol. The van der Waals surface area contributed by atoms with Crippen LogP contribution in [0.4, 0.5) is 0 Å². The molecule has 3 nitrogen and oxygen atoms in total. The third-order valence-electron chi connectivity index (χ3n) is 1.81. The van der Waals surface area contributed by atoms with Crippen LogP contribution in [0.2, 0.25) is 0 Å². The van der Waals surface area contributed by atoms with Crippen LogP contribution in [0.1, 0.15) is 20.3 Å². The Kier molecular flexibility index (Phi) is 2.91. The fourth-order valence-electron chi connectivity index (χ4n) is 1.17. The summed E-state index contributed by atoms with van der Waals surface area (Å²) in [4.78, 5) is 11.1. The fraction of sp³-hybridized carbons (Fsp3) is 0.444. The molecule has 1 heterocycles. The van der Waals surface area contributed by atoms with Crippen molar-refractivity contribution in [1.82, 2.24) is 10.6 Å². The van der Waals surface area contributed by atoms with Crippen molar-refractivity contribution in [3.8, 4) is 0 Å². The van der Waals surface area contributed by atoms with Crippen LogP contribution in [0.3, 0.4) is 0 Å². The van der Waals surface area contributed by atoms with Crippen molar-refractivity contribution in [2.75, 3.05) is 6.54 Å². The lowest BCUT2D eigenvalue weighted by Crippen LogP contribution is -2.21. The summed E-state index contributed by atoms with van der Waals surface area (Å²) in [6.07, 6.45) is 4.39. The van der Waals surface area contributed by atoms with E-state index in [1.807, 2.05) is 26.0 Å². The minimum absolute atomic E-state index is 0.0763. The molecule has 1 aliphatic heterocycles. The van der Waals surface area contributed by atoms with Crippen LogP contribution in [0, 0.1) is 0 Å². The molecule has 66 valence electrons. The van der Waals surface area contributed by atoms with Gasteiger partial charge in [0.2, 0.25) is 5.91 Å². The molecule has 1 rings (SSSR count). The normalized spacial score (nSPS) is 25.0. The molecule has 3 heteroatoms. The second-order valence-electron chi connectivity index (χ2n) is 2.63. The Bertz CT molecular complexity index is 241. The summed E-state index contributed by atoms with van der Waals surface area (Å²) in [5, 5.41) is 5.99. The highest BCUT2D eigenvalue weighted by Crippen LogP contribution is 2.06. The first-order valence-electron chi connectivity index (χ1n) is 4.14. The molecule has 0 atom stereocenters. The van der Waals surface area contributed by atoms with Gasteiger partial charge >= 0.3 is 0 Å². The van der Waals surface area contributed by atoms with E-state index in [-0.39, 0.29) is 5.91 Å². The van der Waals surface area contributed by atoms with Crippen LogP contribution >= 0.6 is 0 Å². The van der Waals surface area contributed by atoms with E-state index in [1.165, 1.54) is 0 Å². The number of carbonyl (C=O) groups is 1. The Balaban J connectivity index is 2.84. The van der Waals surface area contributed by atoms with Gasteiger partial charge in [-0.25, -0.2) is 0 Å². The summed E-state index contributed by atoms with van der Waals surface area (Å²) in [7, 11) is 0. The van der Waals surface area contributed by atoms with Gasteiger partial charge in [-0.15, -0.1) is 0 Å². The SMILES string of the molecule is C/C=C1/NCCC(=O)N/C1=C/C. The second kappa shape index (κ2) is 3.95. The first-order valence-corrected chi connectivity index (χ1v) is 4.14. The molecule has 0 aromatic carbocycles. The van der Waals surface area contributed by atoms with Crippen molar-refractivity contribution < 1.29 is 4.79 Å². The zero-order valence-electron chi connectivity index (χ0n) is 7.48. The Morgan fingerprint density at radius 3 is 2.50 bits per heavy atom. The first kappa shape index (κ1) is 8.84. The van der Waals surface area contributed by atoms with Crippen LogP contribution in [-0.4, -0.2) is 12.5 Å². The fourth-order valence-corrected chi connectivity index (χ4v) is 1.17. The summed E-state index contributed by atoms with van der Waals surface area (Å²) in [5.41, 5.74) is 1.88. The number of hydrogen-bond donors (Lipinski definition) is 2. The molecule has 0 aromatic heterocycles. The van der Waals surface area contributed by atoms with Gasteiger partial charge in [-0.2, -0.15) is 0 Å². The van der Waals surface area contributed by atoms with Gasteiger partial charge in [0.15, 0.2) is 0 Å². The van der Waals surface area contributed by atoms with E-state index in [4.69, 9.17) is 0 Å². The van der Waals surface area contributed by atoms with Crippen molar-refractivity contribution >= 4 is 5.91 Å². The molecule has 0 spiro atoms. The lowest BCUT2D eigenvalue weighted by atomic mass is 10.3. The first-order chi connectivity index (χ1) is 5.77. The lowest BCUT2D eigenvalue weighted by molar-refractivity contribution is -0.120. The van der Waals surface area contributed by atoms with Crippen molar-refractivity contribution in [3.63, 3.8) is 0 Å². The van der Waals surface area contributed by atoms with Gasteiger partial charge in [0.05, 0.1) is 11.4 Å². The number of amides is 1. The molecule has 0 aromatic rings. The van der Waals surface area contributed by atoms with Gasteiger partial charge in [0.25, 0.3) is 0 Å². The van der Waals surface area contributed by atoms with E-state index in [0.717, 1.165) is 11.4 Å². The van der Waals surface area contributed by atoms with Crippen LogP contribution in [0.5, 0.6) is 0 Å². The van der Waals surface area contributed by atoms with Crippen molar-refractivity contribution in [2.45, 2.75) is 20.3 Å². The molecule has 0 unspecified atom stereocenters.